The van der Waals surface area contributed by atoms with Gasteiger partial charge in [-0.25, -0.2) is 0 Å². The van der Waals surface area contributed by atoms with Crippen LogP contribution in [0.4, 0.5) is 5.69 Å². The van der Waals surface area contributed by atoms with Gasteiger partial charge in [0.2, 0.25) is 0 Å². The Morgan fingerprint density at radius 3 is 2.75 bits per heavy atom. The van der Waals surface area contributed by atoms with Gasteiger partial charge in [0.1, 0.15) is 0 Å². The van der Waals surface area contributed by atoms with E-state index < -0.39 is 0 Å². The van der Waals surface area contributed by atoms with E-state index in [0.717, 1.165) is 24.3 Å². The summed E-state index contributed by atoms with van der Waals surface area (Å²) in [4.78, 5) is 7.80. The molecule has 0 aliphatic carbocycles. The van der Waals surface area contributed by atoms with Gasteiger partial charge < -0.3 is 15.1 Å². The van der Waals surface area contributed by atoms with Crippen LogP contribution < -0.4 is 10.2 Å². The molecule has 0 bridgehead atoms. The lowest BCUT2D eigenvalue weighted by atomic mass is 10.1. The maximum atomic E-state index is 6.06. The Kier molecular flexibility index (Phi) is 6.97. The largest absolute Gasteiger partial charge is 0.338 e. The van der Waals surface area contributed by atoms with Crippen LogP contribution in [0.1, 0.15) is 18.5 Å². The topological polar surface area (TPSA) is 32.6 Å². The zero-order valence-corrected chi connectivity index (χ0v) is 15.9. The van der Waals surface area contributed by atoms with E-state index >= 15 is 0 Å². The Morgan fingerprint density at radius 1 is 1.33 bits per heavy atom. The lowest BCUT2D eigenvalue weighted by Gasteiger charge is -2.32. The zero-order valence-electron chi connectivity index (χ0n) is 14.3. The number of nitrogens with one attached hydrogen (secondary N) is 2. The molecule has 1 heterocycles. The Balaban J connectivity index is 2.16. The second-order valence-electron chi connectivity index (χ2n) is 6.05. The van der Waals surface area contributed by atoms with E-state index in [1.807, 2.05) is 36.5 Å². The summed E-state index contributed by atoms with van der Waals surface area (Å²) >= 11 is 11.7. The van der Waals surface area contributed by atoms with Gasteiger partial charge in [0.25, 0.3) is 0 Å². The van der Waals surface area contributed by atoms with Crippen LogP contribution in [-0.2, 0) is 0 Å². The first-order valence-corrected chi connectivity index (χ1v) is 8.78. The molecule has 1 aromatic heterocycles. The molecular formula is C18H24ClN4S+. The molecule has 1 aromatic carbocycles. The number of nitrogens with zero attached hydrogens (tertiary/aromatic N) is 2. The van der Waals surface area contributed by atoms with Crippen molar-refractivity contribution in [3.63, 3.8) is 0 Å². The van der Waals surface area contributed by atoms with Gasteiger partial charge in [-0.2, -0.15) is 0 Å². The molecule has 0 amide bonds. The number of anilines is 1. The van der Waals surface area contributed by atoms with Gasteiger partial charge in [-0.05, 0) is 49.0 Å². The van der Waals surface area contributed by atoms with Crippen LogP contribution in [0.25, 0.3) is 0 Å². The molecule has 24 heavy (non-hydrogen) atoms. The van der Waals surface area contributed by atoms with E-state index in [1.165, 1.54) is 4.90 Å². The molecule has 2 aromatic rings. The van der Waals surface area contributed by atoms with Crippen molar-refractivity contribution in [1.82, 2.24) is 9.88 Å². The zero-order chi connectivity index (χ0) is 17.5. The molecule has 0 radical (unpaired) electrons. The summed E-state index contributed by atoms with van der Waals surface area (Å²) in [6.45, 7) is 3.99. The predicted molar refractivity (Wildman–Crippen MR) is 105 cm³/mol. The van der Waals surface area contributed by atoms with Crippen LogP contribution in [0.15, 0.2) is 48.8 Å². The number of benzene rings is 1. The van der Waals surface area contributed by atoms with Gasteiger partial charge in [0.05, 0.1) is 33.2 Å². The summed E-state index contributed by atoms with van der Waals surface area (Å²) in [5.41, 5.74) is 2.04. The van der Waals surface area contributed by atoms with Crippen LogP contribution in [0.5, 0.6) is 0 Å². The fraction of sp³-hybridized carbons (Fsp3) is 0.333. The van der Waals surface area contributed by atoms with Crippen molar-refractivity contribution in [2.24, 2.45) is 0 Å². The molecule has 0 fully saturated rings. The number of hydrogen-bond donors (Lipinski definition) is 2. The summed E-state index contributed by atoms with van der Waals surface area (Å²) in [6, 6.07) is 11.8. The highest BCUT2D eigenvalue weighted by atomic mass is 35.5. The van der Waals surface area contributed by atoms with E-state index in [1.54, 1.807) is 6.20 Å². The molecular weight excluding hydrogens is 340 g/mol. The SMILES string of the molecule is CC(c1cccnc1)N(CC[NH+](C)C)C(=S)Nc1cccc(Cl)c1. The molecule has 4 nitrogen and oxygen atoms in total. The maximum absolute atomic E-state index is 6.06. The van der Waals surface area contributed by atoms with Crippen molar-refractivity contribution in [3.05, 3.63) is 59.4 Å². The highest BCUT2D eigenvalue weighted by Gasteiger charge is 2.20. The van der Waals surface area contributed by atoms with Gasteiger partial charge in [0.15, 0.2) is 5.11 Å². The van der Waals surface area contributed by atoms with Gasteiger partial charge in [-0.1, -0.05) is 23.7 Å². The van der Waals surface area contributed by atoms with Crippen molar-refractivity contribution in [3.8, 4) is 0 Å². The quantitative estimate of drug-likeness (QED) is 0.773. The third kappa shape index (κ3) is 5.44. The summed E-state index contributed by atoms with van der Waals surface area (Å²) in [7, 11) is 4.28. The second-order valence-corrected chi connectivity index (χ2v) is 6.88. The number of hydrogen-bond acceptors (Lipinski definition) is 2. The van der Waals surface area contributed by atoms with E-state index in [2.05, 4.69) is 42.3 Å². The first-order chi connectivity index (χ1) is 11.5. The molecule has 1 atom stereocenters. The molecule has 2 N–H and O–H groups in total. The van der Waals surface area contributed by atoms with Gasteiger partial charge in [0, 0.05) is 23.1 Å². The van der Waals surface area contributed by atoms with Crippen LogP contribution in [0.2, 0.25) is 5.02 Å². The Labute approximate surface area is 154 Å². The second kappa shape index (κ2) is 8.97. The number of quaternary nitrogens is 1. The normalized spacial score (nSPS) is 12.0. The first kappa shape index (κ1) is 18.6. The number of pyridine rings is 1. The minimum Gasteiger partial charge on any atom is -0.338 e. The van der Waals surface area contributed by atoms with Crippen molar-refractivity contribution in [2.75, 3.05) is 32.5 Å². The molecule has 2 rings (SSSR count). The Hall–Kier alpha value is -1.69. The lowest BCUT2D eigenvalue weighted by Crippen LogP contribution is -3.06. The van der Waals surface area contributed by atoms with Crippen molar-refractivity contribution in [2.45, 2.75) is 13.0 Å². The number of likely N-dealkylation sites (N-methyl/N-ethyl adjacent to an activating group) is 1. The summed E-state index contributed by atoms with van der Waals surface area (Å²) in [5, 5.41) is 4.68. The molecule has 1 unspecified atom stereocenters. The molecule has 0 aliphatic heterocycles. The fourth-order valence-electron chi connectivity index (χ4n) is 2.38. The van der Waals surface area contributed by atoms with Crippen molar-refractivity contribution < 1.29 is 4.90 Å². The third-order valence-corrected chi connectivity index (χ3v) is 4.40. The molecule has 0 saturated heterocycles. The minimum atomic E-state index is 0.136. The van der Waals surface area contributed by atoms with Crippen molar-refractivity contribution >= 4 is 34.6 Å². The highest BCUT2D eigenvalue weighted by Crippen LogP contribution is 2.21. The molecule has 6 heteroatoms. The van der Waals surface area contributed by atoms with E-state index in [0.29, 0.717) is 10.1 Å². The first-order valence-electron chi connectivity index (χ1n) is 7.99. The average Bonchev–Trinajstić information content (AvgIpc) is 2.55. The maximum Gasteiger partial charge on any atom is 0.174 e. The number of aromatic nitrogens is 1. The lowest BCUT2D eigenvalue weighted by molar-refractivity contribution is -0.857. The summed E-state index contributed by atoms with van der Waals surface area (Å²) in [6.07, 6.45) is 3.68. The van der Waals surface area contributed by atoms with Crippen LogP contribution in [0, 0.1) is 0 Å². The van der Waals surface area contributed by atoms with E-state index in [9.17, 15) is 0 Å². The average molecular weight is 364 g/mol. The number of rotatable bonds is 6. The molecule has 0 saturated carbocycles. The molecule has 128 valence electrons. The van der Waals surface area contributed by atoms with Crippen molar-refractivity contribution in [1.29, 1.82) is 0 Å². The fourth-order valence-corrected chi connectivity index (χ4v) is 2.94. The van der Waals surface area contributed by atoms with Gasteiger partial charge >= 0.3 is 0 Å². The molecule has 0 aliphatic rings. The third-order valence-electron chi connectivity index (χ3n) is 3.82. The monoisotopic (exact) mass is 363 g/mol. The number of halogens is 1. The standard InChI is InChI=1S/C18H23ClN4S/c1-14(15-6-5-9-20-13-15)23(11-10-22(2)3)18(24)21-17-8-4-7-16(19)12-17/h4-9,12-14H,10-11H2,1-3H3,(H,21,24)/p+1. The predicted octanol–water partition coefficient (Wildman–Crippen LogP) is 2.64. The van der Waals surface area contributed by atoms with Crippen LogP contribution in [0.3, 0.4) is 0 Å². The number of thiocarbonyl (C=S) groups is 1. The minimum absolute atomic E-state index is 0.136. The summed E-state index contributed by atoms with van der Waals surface area (Å²) < 4.78 is 0. The highest BCUT2D eigenvalue weighted by molar-refractivity contribution is 7.80. The Bertz CT molecular complexity index is 663. The van der Waals surface area contributed by atoms with Gasteiger partial charge in [-0.3, -0.25) is 4.98 Å². The van der Waals surface area contributed by atoms with Gasteiger partial charge in [-0.15, -0.1) is 0 Å². The summed E-state index contributed by atoms with van der Waals surface area (Å²) in [5.74, 6) is 0. The van der Waals surface area contributed by atoms with E-state index in [4.69, 9.17) is 23.8 Å². The smallest absolute Gasteiger partial charge is 0.174 e. The van der Waals surface area contributed by atoms with E-state index in [-0.39, 0.29) is 6.04 Å². The molecule has 0 spiro atoms. The Morgan fingerprint density at radius 2 is 2.12 bits per heavy atom. The van der Waals surface area contributed by atoms with Crippen LogP contribution in [-0.4, -0.2) is 42.2 Å². The van der Waals surface area contributed by atoms with Crippen LogP contribution >= 0.6 is 23.8 Å².